The van der Waals surface area contributed by atoms with Crippen LogP contribution in [0.25, 0.3) is 10.9 Å². The van der Waals surface area contributed by atoms with Crippen molar-refractivity contribution in [1.82, 2.24) is 9.78 Å². The van der Waals surface area contributed by atoms with Crippen LogP contribution in [0, 0.1) is 0 Å². The van der Waals surface area contributed by atoms with Crippen molar-refractivity contribution in [2.45, 2.75) is 0 Å². The highest BCUT2D eigenvalue weighted by Gasteiger charge is 2.05. The fourth-order valence-corrected chi connectivity index (χ4v) is 1.32. The molecule has 0 N–H and O–H groups in total. The van der Waals surface area contributed by atoms with Crippen LogP contribution in [-0.2, 0) is 11.8 Å². The smallest absolute Gasteiger partial charge is 0.242 e. The number of fused-ring (bicyclic) bond motifs is 1. The predicted octanol–water partition coefficient (Wildman–Crippen LogP) is 1.54. The lowest BCUT2D eigenvalue weighted by molar-refractivity contribution is 0.565. The first-order valence-electron chi connectivity index (χ1n) is 3.82. The van der Waals surface area contributed by atoms with Crippen molar-refractivity contribution in [3.63, 3.8) is 0 Å². The monoisotopic (exact) mass is 173 g/mol. The minimum absolute atomic E-state index is 0.424. The summed E-state index contributed by atoms with van der Waals surface area (Å²) < 4.78 is 1.69. The van der Waals surface area contributed by atoms with E-state index in [0.29, 0.717) is 5.82 Å². The molecule has 0 spiro atoms. The van der Waals surface area contributed by atoms with Crippen molar-refractivity contribution in [3.05, 3.63) is 24.3 Å². The minimum atomic E-state index is 0.424. The summed E-state index contributed by atoms with van der Waals surface area (Å²) in [5.41, 5.74) is 0.955. The van der Waals surface area contributed by atoms with E-state index in [-0.39, 0.29) is 0 Å². The van der Waals surface area contributed by atoms with Gasteiger partial charge < -0.3 is 0 Å². The number of hydrogen-bond donors (Lipinski definition) is 0. The van der Waals surface area contributed by atoms with Gasteiger partial charge in [0.25, 0.3) is 0 Å². The van der Waals surface area contributed by atoms with Gasteiger partial charge in [0.2, 0.25) is 6.08 Å². The second kappa shape index (κ2) is 2.84. The third-order valence-electron chi connectivity index (χ3n) is 1.89. The molecule has 4 nitrogen and oxygen atoms in total. The van der Waals surface area contributed by atoms with Gasteiger partial charge in [0.1, 0.15) is 0 Å². The number of carbonyl (C=O) groups excluding carboxylic acids is 1. The molecule has 0 radical (unpaired) electrons. The number of isocyanates is 1. The van der Waals surface area contributed by atoms with Crippen molar-refractivity contribution < 1.29 is 4.79 Å². The van der Waals surface area contributed by atoms with E-state index >= 15 is 0 Å². The molecular formula is C9H7N3O. The molecule has 0 aliphatic rings. The Morgan fingerprint density at radius 1 is 1.46 bits per heavy atom. The number of nitrogens with zero attached hydrogens (tertiary/aromatic N) is 3. The normalized spacial score (nSPS) is 9.92. The van der Waals surface area contributed by atoms with Crippen LogP contribution in [0.4, 0.5) is 5.82 Å². The summed E-state index contributed by atoms with van der Waals surface area (Å²) in [5, 5.41) is 4.94. The number of rotatable bonds is 1. The number of aryl methyl sites for hydroxylation is 1. The molecular weight excluding hydrogens is 166 g/mol. The van der Waals surface area contributed by atoms with E-state index in [0.717, 1.165) is 10.9 Å². The van der Waals surface area contributed by atoms with Crippen LogP contribution < -0.4 is 0 Å². The maximum Gasteiger partial charge on any atom is 0.242 e. The molecule has 1 aromatic heterocycles. The Kier molecular flexibility index (Phi) is 1.69. The summed E-state index contributed by atoms with van der Waals surface area (Å²) in [7, 11) is 1.81. The van der Waals surface area contributed by atoms with E-state index in [4.69, 9.17) is 0 Å². The molecule has 0 amide bonds. The summed E-state index contributed by atoms with van der Waals surface area (Å²) in [6.45, 7) is 0. The van der Waals surface area contributed by atoms with E-state index in [1.54, 1.807) is 4.68 Å². The summed E-state index contributed by atoms with van der Waals surface area (Å²) in [4.78, 5) is 13.6. The van der Waals surface area contributed by atoms with E-state index in [2.05, 4.69) is 10.1 Å². The number of aliphatic imine (C=N–C) groups is 1. The molecule has 0 aliphatic carbocycles. The summed E-state index contributed by atoms with van der Waals surface area (Å²) in [5.74, 6) is 0.424. The Labute approximate surface area is 74.5 Å². The molecule has 13 heavy (non-hydrogen) atoms. The Morgan fingerprint density at radius 3 is 3.00 bits per heavy atom. The van der Waals surface area contributed by atoms with Crippen LogP contribution in [0.2, 0.25) is 0 Å². The largest absolute Gasteiger partial charge is 0.266 e. The Hall–Kier alpha value is -1.93. The molecule has 2 aromatic rings. The van der Waals surface area contributed by atoms with Crippen LogP contribution in [0.3, 0.4) is 0 Å². The summed E-state index contributed by atoms with van der Waals surface area (Å²) in [6, 6.07) is 7.59. The molecule has 0 atom stereocenters. The zero-order chi connectivity index (χ0) is 9.26. The molecule has 0 saturated heterocycles. The van der Waals surface area contributed by atoms with Gasteiger partial charge in [0.05, 0.1) is 5.52 Å². The second-order valence-electron chi connectivity index (χ2n) is 2.67. The Balaban J connectivity index is 2.85. The summed E-state index contributed by atoms with van der Waals surface area (Å²) >= 11 is 0. The molecule has 4 heteroatoms. The first-order chi connectivity index (χ1) is 6.33. The first kappa shape index (κ1) is 7.71. The maximum absolute atomic E-state index is 10.1. The van der Waals surface area contributed by atoms with Crippen molar-refractivity contribution in [2.75, 3.05) is 0 Å². The fourth-order valence-electron chi connectivity index (χ4n) is 1.32. The van der Waals surface area contributed by atoms with Crippen LogP contribution in [0.5, 0.6) is 0 Å². The first-order valence-corrected chi connectivity index (χ1v) is 3.82. The van der Waals surface area contributed by atoms with Gasteiger partial charge in [-0.1, -0.05) is 12.1 Å². The quantitative estimate of drug-likeness (QED) is 0.485. The molecule has 0 aliphatic heterocycles. The number of hydrogen-bond acceptors (Lipinski definition) is 3. The molecule has 0 unspecified atom stereocenters. The van der Waals surface area contributed by atoms with Crippen LogP contribution in [-0.4, -0.2) is 15.9 Å². The average Bonchev–Trinajstić information content (AvgIpc) is 2.46. The predicted molar refractivity (Wildman–Crippen MR) is 48.5 cm³/mol. The van der Waals surface area contributed by atoms with Crippen LogP contribution in [0.1, 0.15) is 0 Å². The zero-order valence-electron chi connectivity index (χ0n) is 7.06. The third kappa shape index (κ3) is 1.13. The van der Waals surface area contributed by atoms with Crippen LogP contribution in [0.15, 0.2) is 29.3 Å². The number of benzene rings is 1. The highest BCUT2D eigenvalue weighted by Crippen LogP contribution is 2.23. The number of aromatic nitrogens is 2. The van der Waals surface area contributed by atoms with Gasteiger partial charge in [0, 0.05) is 12.4 Å². The van der Waals surface area contributed by atoms with Crippen molar-refractivity contribution >= 4 is 22.8 Å². The molecule has 0 saturated carbocycles. The lowest BCUT2D eigenvalue weighted by Gasteiger charge is -1.89. The van der Waals surface area contributed by atoms with Crippen molar-refractivity contribution in [3.8, 4) is 0 Å². The standard InChI is InChI=1S/C9H7N3O/c1-12-8-5-3-2-4-7(8)9(11-12)10-6-13/h2-5H,1H3. The van der Waals surface area contributed by atoms with Gasteiger partial charge in [-0.05, 0) is 12.1 Å². The maximum atomic E-state index is 10.1. The van der Waals surface area contributed by atoms with Gasteiger partial charge in [-0.3, -0.25) is 4.68 Å². The SMILES string of the molecule is Cn1nc(N=C=O)c2ccccc21. The molecule has 64 valence electrons. The minimum Gasteiger partial charge on any atom is -0.266 e. The van der Waals surface area contributed by atoms with E-state index < -0.39 is 0 Å². The fraction of sp³-hybridized carbons (Fsp3) is 0.111. The van der Waals surface area contributed by atoms with E-state index in [1.165, 1.54) is 6.08 Å². The van der Waals surface area contributed by atoms with Gasteiger partial charge in [-0.25, -0.2) is 4.79 Å². The highest BCUT2D eigenvalue weighted by atomic mass is 16.1. The highest BCUT2D eigenvalue weighted by molar-refractivity contribution is 5.89. The molecule has 1 heterocycles. The molecule has 0 bridgehead atoms. The lowest BCUT2D eigenvalue weighted by Crippen LogP contribution is -1.87. The topological polar surface area (TPSA) is 47.2 Å². The van der Waals surface area contributed by atoms with Crippen LogP contribution >= 0.6 is 0 Å². The van der Waals surface area contributed by atoms with Gasteiger partial charge >= 0.3 is 0 Å². The van der Waals surface area contributed by atoms with Gasteiger partial charge in [-0.15, -0.1) is 4.99 Å². The van der Waals surface area contributed by atoms with Gasteiger partial charge in [-0.2, -0.15) is 5.10 Å². The number of para-hydroxylation sites is 1. The van der Waals surface area contributed by atoms with E-state index in [9.17, 15) is 4.79 Å². The second-order valence-corrected chi connectivity index (χ2v) is 2.67. The summed E-state index contributed by atoms with van der Waals surface area (Å²) in [6.07, 6.45) is 1.49. The van der Waals surface area contributed by atoms with Gasteiger partial charge in [0.15, 0.2) is 5.82 Å². The Bertz CT molecular complexity index is 495. The molecule has 1 aromatic carbocycles. The Morgan fingerprint density at radius 2 is 2.23 bits per heavy atom. The molecule has 0 fully saturated rings. The third-order valence-corrected chi connectivity index (χ3v) is 1.89. The molecule has 2 rings (SSSR count). The average molecular weight is 173 g/mol. The van der Waals surface area contributed by atoms with E-state index in [1.807, 2.05) is 31.3 Å². The van der Waals surface area contributed by atoms with Crippen molar-refractivity contribution in [1.29, 1.82) is 0 Å². The van der Waals surface area contributed by atoms with Crippen molar-refractivity contribution in [2.24, 2.45) is 12.0 Å². The zero-order valence-corrected chi connectivity index (χ0v) is 7.06. The lowest BCUT2D eigenvalue weighted by atomic mass is 10.2.